The van der Waals surface area contributed by atoms with E-state index in [4.69, 9.17) is 9.47 Å². The lowest BCUT2D eigenvalue weighted by Crippen LogP contribution is -2.43. The highest BCUT2D eigenvalue weighted by Gasteiger charge is 2.35. The molecule has 154 valence electrons. The average molecular weight is 403 g/mol. The van der Waals surface area contributed by atoms with Gasteiger partial charge in [-0.05, 0) is 31.5 Å². The van der Waals surface area contributed by atoms with Gasteiger partial charge in [-0.15, -0.1) is 0 Å². The van der Waals surface area contributed by atoms with Gasteiger partial charge in [-0.25, -0.2) is 18.7 Å². The Labute approximate surface area is 167 Å². The second-order valence-electron chi connectivity index (χ2n) is 7.31. The first-order valence-corrected chi connectivity index (χ1v) is 9.54. The molecule has 0 radical (unpaired) electrons. The van der Waals surface area contributed by atoms with Crippen LogP contribution in [0.25, 0.3) is 22.3 Å². The number of rotatable bonds is 6. The topological polar surface area (TPSA) is 76.2 Å². The van der Waals surface area contributed by atoms with E-state index in [2.05, 4.69) is 20.2 Å². The monoisotopic (exact) mass is 403 g/mol. The number of hydrogen-bond acceptors (Lipinski definition) is 6. The number of nitrogens with zero attached hydrogens (tertiary/aromatic N) is 4. The fourth-order valence-electron chi connectivity index (χ4n) is 3.57. The Morgan fingerprint density at radius 3 is 2.93 bits per heavy atom. The number of hydrogen-bond donors (Lipinski definition) is 1. The second-order valence-corrected chi connectivity index (χ2v) is 7.31. The van der Waals surface area contributed by atoms with Crippen LogP contribution in [0.1, 0.15) is 19.8 Å². The SMILES string of the molecule is COC[C@H](C)Oc1ccc2[nH]nc(-c3cc(N4CCCC(F)(F)C4)ncn3)c2c1. The summed E-state index contributed by atoms with van der Waals surface area (Å²) in [4.78, 5) is 10.1. The molecule has 0 bridgehead atoms. The van der Waals surface area contributed by atoms with Gasteiger partial charge < -0.3 is 14.4 Å². The molecule has 1 aromatic carbocycles. The van der Waals surface area contributed by atoms with Crippen LogP contribution >= 0.6 is 0 Å². The van der Waals surface area contributed by atoms with Crippen LogP contribution in [0.2, 0.25) is 0 Å². The summed E-state index contributed by atoms with van der Waals surface area (Å²) < 4.78 is 38.6. The van der Waals surface area contributed by atoms with Crippen molar-refractivity contribution in [1.29, 1.82) is 0 Å². The van der Waals surface area contributed by atoms with E-state index < -0.39 is 5.92 Å². The van der Waals surface area contributed by atoms with Crippen LogP contribution in [0.5, 0.6) is 5.75 Å². The minimum atomic E-state index is -2.70. The molecule has 7 nitrogen and oxygen atoms in total. The third kappa shape index (κ3) is 4.29. The molecule has 1 aliphatic heterocycles. The smallest absolute Gasteiger partial charge is 0.265 e. The van der Waals surface area contributed by atoms with Crippen molar-refractivity contribution in [3.8, 4) is 17.1 Å². The maximum absolute atomic E-state index is 13.8. The van der Waals surface area contributed by atoms with Gasteiger partial charge in [0.25, 0.3) is 5.92 Å². The number of halogens is 2. The van der Waals surface area contributed by atoms with Gasteiger partial charge in [0.05, 0.1) is 24.4 Å². The highest BCUT2D eigenvalue weighted by molar-refractivity contribution is 5.93. The van der Waals surface area contributed by atoms with Gasteiger partial charge >= 0.3 is 0 Å². The summed E-state index contributed by atoms with van der Waals surface area (Å²) in [7, 11) is 1.63. The molecule has 2 aromatic heterocycles. The second kappa shape index (κ2) is 7.90. The highest BCUT2D eigenvalue weighted by atomic mass is 19.3. The van der Waals surface area contributed by atoms with E-state index >= 15 is 0 Å². The summed E-state index contributed by atoms with van der Waals surface area (Å²) in [6.07, 6.45) is 1.63. The Hall–Kier alpha value is -2.81. The largest absolute Gasteiger partial charge is 0.488 e. The lowest BCUT2D eigenvalue weighted by molar-refractivity contribution is -0.0118. The van der Waals surface area contributed by atoms with E-state index in [1.54, 1.807) is 18.1 Å². The molecule has 0 saturated carbocycles. The molecular formula is C20H23F2N5O2. The van der Waals surface area contributed by atoms with E-state index in [0.29, 0.717) is 42.5 Å². The first kappa shape index (κ1) is 19.5. The quantitative estimate of drug-likeness (QED) is 0.677. The first-order valence-electron chi connectivity index (χ1n) is 9.54. The van der Waals surface area contributed by atoms with Gasteiger partial charge in [0, 0.05) is 31.5 Å². The minimum absolute atomic E-state index is 0.0876. The van der Waals surface area contributed by atoms with Gasteiger partial charge in [-0.3, -0.25) is 5.10 Å². The van der Waals surface area contributed by atoms with Gasteiger partial charge in [0.15, 0.2) is 0 Å². The number of ether oxygens (including phenoxy) is 2. The zero-order chi connectivity index (χ0) is 20.4. The fraction of sp³-hybridized carbons (Fsp3) is 0.450. The third-order valence-corrected chi connectivity index (χ3v) is 4.88. The Kier molecular flexibility index (Phi) is 5.31. The number of piperidine rings is 1. The molecule has 1 atom stereocenters. The van der Waals surface area contributed by atoms with Crippen LogP contribution in [-0.2, 0) is 4.74 Å². The van der Waals surface area contributed by atoms with Crippen LogP contribution in [0.15, 0.2) is 30.6 Å². The summed E-state index contributed by atoms with van der Waals surface area (Å²) in [5, 5.41) is 8.19. The van der Waals surface area contributed by atoms with E-state index in [1.807, 2.05) is 25.1 Å². The number of nitrogens with one attached hydrogen (secondary N) is 1. The van der Waals surface area contributed by atoms with Crippen molar-refractivity contribution in [1.82, 2.24) is 20.2 Å². The molecule has 4 rings (SSSR count). The van der Waals surface area contributed by atoms with Crippen molar-refractivity contribution in [3.63, 3.8) is 0 Å². The van der Waals surface area contributed by atoms with Crippen LogP contribution in [0, 0.1) is 0 Å². The highest BCUT2D eigenvalue weighted by Crippen LogP contribution is 2.32. The number of benzene rings is 1. The first-order chi connectivity index (χ1) is 13.9. The van der Waals surface area contributed by atoms with Crippen LogP contribution in [0.3, 0.4) is 0 Å². The van der Waals surface area contributed by atoms with Gasteiger partial charge in [-0.2, -0.15) is 5.10 Å². The van der Waals surface area contributed by atoms with E-state index in [-0.39, 0.29) is 19.1 Å². The van der Waals surface area contributed by atoms with Crippen LogP contribution in [0.4, 0.5) is 14.6 Å². The molecule has 1 N–H and O–H groups in total. The molecule has 3 heterocycles. The molecule has 1 fully saturated rings. The number of anilines is 1. The summed E-state index contributed by atoms with van der Waals surface area (Å²) in [6.45, 7) is 2.62. The lowest BCUT2D eigenvalue weighted by Gasteiger charge is -2.33. The van der Waals surface area contributed by atoms with Gasteiger partial charge in [-0.1, -0.05) is 0 Å². The van der Waals surface area contributed by atoms with Crippen molar-refractivity contribution >= 4 is 16.7 Å². The third-order valence-electron chi connectivity index (χ3n) is 4.88. The number of alkyl halides is 2. The average Bonchev–Trinajstić information content (AvgIpc) is 3.11. The number of aromatic amines is 1. The molecule has 29 heavy (non-hydrogen) atoms. The maximum Gasteiger partial charge on any atom is 0.265 e. The van der Waals surface area contributed by atoms with Crippen molar-refractivity contribution < 1.29 is 18.3 Å². The number of fused-ring (bicyclic) bond motifs is 1. The predicted octanol–water partition coefficient (Wildman–Crippen LogP) is 3.67. The minimum Gasteiger partial charge on any atom is -0.488 e. The van der Waals surface area contributed by atoms with Crippen LogP contribution < -0.4 is 9.64 Å². The van der Waals surface area contributed by atoms with Crippen molar-refractivity contribution in [3.05, 3.63) is 30.6 Å². The van der Waals surface area contributed by atoms with E-state index in [1.165, 1.54) is 6.33 Å². The van der Waals surface area contributed by atoms with Crippen molar-refractivity contribution in [2.45, 2.75) is 31.8 Å². The number of aromatic nitrogens is 4. The maximum atomic E-state index is 13.8. The molecule has 0 aliphatic carbocycles. The lowest BCUT2D eigenvalue weighted by atomic mass is 10.1. The summed E-state index contributed by atoms with van der Waals surface area (Å²) in [6, 6.07) is 7.33. The van der Waals surface area contributed by atoms with Crippen molar-refractivity contribution in [2.75, 3.05) is 31.7 Å². The Bertz CT molecular complexity index is 994. The number of methoxy groups -OCH3 is 1. The molecule has 1 aliphatic rings. The zero-order valence-electron chi connectivity index (χ0n) is 16.4. The molecule has 0 unspecified atom stereocenters. The Morgan fingerprint density at radius 1 is 1.28 bits per heavy atom. The zero-order valence-corrected chi connectivity index (χ0v) is 16.4. The number of H-pyrrole nitrogens is 1. The summed E-state index contributed by atoms with van der Waals surface area (Å²) in [5.74, 6) is -1.53. The molecule has 0 amide bonds. The molecule has 9 heteroatoms. The Morgan fingerprint density at radius 2 is 2.14 bits per heavy atom. The predicted molar refractivity (Wildman–Crippen MR) is 105 cm³/mol. The molecular weight excluding hydrogens is 380 g/mol. The molecule has 0 spiro atoms. The van der Waals surface area contributed by atoms with Gasteiger partial charge in [0.2, 0.25) is 0 Å². The molecule has 1 saturated heterocycles. The van der Waals surface area contributed by atoms with Crippen molar-refractivity contribution in [2.24, 2.45) is 0 Å². The summed E-state index contributed by atoms with van der Waals surface area (Å²) in [5.41, 5.74) is 2.02. The van der Waals surface area contributed by atoms with Crippen LogP contribution in [-0.4, -0.2) is 59.0 Å². The Balaban J connectivity index is 1.64. The molecule has 3 aromatic rings. The standard InChI is InChI=1S/C20H23F2N5O2/c1-13(10-28-2)29-14-4-5-16-15(8-14)19(26-25-16)17-9-18(24-12-23-17)27-7-3-6-20(21,22)11-27/h4-5,8-9,12-13H,3,6-7,10-11H2,1-2H3,(H,25,26)/t13-/m0/s1. The van der Waals surface area contributed by atoms with Gasteiger partial charge in [0.1, 0.15) is 29.7 Å². The normalized spacial score (nSPS) is 17.4. The van der Waals surface area contributed by atoms with E-state index in [0.717, 1.165) is 10.9 Å². The fourth-order valence-corrected chi connectivity index (χ4v) is 3.57. The van der Waals surface area contributed by atoms with E-state index in [9.17, 15) is 8.78 Å². The summed E-state index contributed by atoms with van der Waals surface area (Å²) >= 11 is 0.